The maximum absolute atomic E-state index is 6.48. The summed E-state index contributed by atoms with van der Waals surface area (Å²) in [6.07, 6.45) is 1.05. The standard InChI is InChI=1S/C41H28O2/c1-3-25-6-10-27(11-7-25)29-13-15-31-19-35-37-23-40-36(22-41(37)43-39(35)21-33(31)17-29)34-18-30-14-12-28(16-32(30)20-38(34)42-40)26-8-4-24(2)5-9-26/h4-23H,3H2,1-2H3. The van der Waals surface area contributed by atoms with Crippen molar-refractivity contribution in [2.75, 3.05) is 0 Å². The summed E-state index contributed by atoms with van der Waals surface area (Å²) in [4.78, 5) is 0. The molecule has 2 aromatic heterocycles. The molecular weight excluding hydrogens is 524 g/mol. The third-order valence-electron chi connectivity index (χ3n) is 9.06. The molecule has 0 spiro atoms. The van der Waals surface area contributed by atoms with Crippen molar-refractivity contribution in [2.24, 2.45) is 0 Å². The van der Waals surface area contributed by atoms with E-state index in [9.17, 15) is 0 Å². The maximum atomic E-state index is 6.48. The van der Waals surface area contributed by atoms with Crippen LogP contribution >= 0.6 is 0 Å². The molecule has 0 bridgehead atoms. The van der Waals surface area contributed by atoms with E-state index in [2.05, 4.69) is 135 Å². The Morgan fingerprint density at radius 1 is 0.395 bits per heavy atom. The average molecular weight is 553 g/mol. The zero-order valence-electron chi connectivity index (χ0n) is 24.1. The van der Waals surface area contributed by atoms with Crippen LogP contribution in [0.1, 0.15) is 18.1 Å². The molecule has 0 N–H and O–H groups in total. The highest BCUT2D eigenvalue weighted by atomic mass is 16.3. The lowest BCUT2D eigenvalue weighted by molar-refractivity contribution is 0.664. The van der Waals surface area contributed by atoms with Crippen LogP contribution in [-0.4, -0.2) is 0 Å². The Morgan fingerprint density at radius 2 is 0.814 bits per heavy atom. The second-order valence-corrected chi connectivity index (χ2v) is 11.8. The third-order valence-corrected chi connectivity index (χ3v) is 9.06. The van der Waals surface area contributed by atoms with Crippen LogP contribution in [0.3, 0.4) is 0 Å². The zero-order valence-corrected chi connectivity index (χ0v) is 24.1. The van der Waals surface area contributed by atoms with Crippen molar-refractivity contribution < 1.29 is 8.83 Å². The van der Waals surface area contributed by atoms with Gasteiger partial charge in [-0.05, 0) is 111 Å². The number of furan rings is 2. The molecule has 2 heteroatoms. The van der Waals surface area contributed by atoms with Gasteiger partial charge in [0.2, 0.25) is 0 Å². The minimum atomic E-state index is 0.880. The van der Waals surface area contributed by atoms with Gasteiger partial charge in [-0.2, -0.15) is 0 Å². The molecule has 0 unspecified atom stereocenters. The van der Waals surface area contributed by atoms with Crippen molar-refractivity contribution in [3.63, 3.8) is 0 Å². The van der Waals surface area contributed by atoms with Gasteiger partial charge in [-0.25, -0.2) is 0 Å². The summed E-state index contributed by atoms with van der Waals surface area (Å²) < 4.78 is 13.0. The van der Waals surface area contributed by atoms with Gasteiger partial charge >= 0.3 is 0 Å². The maximum Gasteiger partial charge on any atom is 0.136 e. The Kier molecular flexibility index (Phi) is 5.13. The summed E-state index contributed by atoms with van der Waals surface area (Å²) >= 11 is 0. The van der Waals surface area contributed by atoms with Crippen LogP contribution in [0.5, 0.6) is 0 Å². The lowest BCUT2D eigenvalue weighted by Gasteiger charge is -2.06. The van der Waals surface area contributed by atoms with Crippen LogP contribution in [0, 0.1) is 6.92 Å². The quantitative estimate of drug-likeness (QED) is 0.218. The van der Waals surface area contributed by atoms with E-state index < -0.39 is 0 Å². The van der Waals surface area contributed by atoms with Gasteiger partial charge in [-0.1, -0.05) is 85.3 Å². The van der Waals surface area contributed by atoms with Gasteiger partial charge in [0.05, 0.1) is 0 Å². The monoisotopic (exact) mass is 552 g/mol. The first-order chi connectivity index (χ1) is 21.1. The average Bonchev–Trinajstić information content (AvgIpc) is 3.57. The molecule has 0 aliphatic rings. The molecular formula is C41H28O2. The molecule has 0 radical (unpaired) electrons. The lowest BCUT2D eigenvalue weighted by atomic mass is 9.98. The Morgan fingerprint density at radius 3 is 1.30 bits per heavy atom. The highest BCUT2D eigenvalue weighted by Gasteiger charge is 2.15. The number of hydrogen-bond donors (Lipinski definition) is 0. The van der Waals surface area contributed by atoms with Gasteiger partial charge in [0, 0.05) is 21.5 Å². The Hall–Kier alpha value is -5.34. The molecule has 2 heterocycles. The molecule has 0 atom stereocenters. The highest BCUT2D eigenvalue weighted by molar-refractivity contribution is 6.18. The second kappa shape index (κ2) is 9.08. The van der Waals surface area contributed by atoms with Crippen LogP contribution in [0.2, 0.25) is 0 Å². The van der Waals surface area contributed by atoms with E-state index in [0.29, 0.717) is 0 Å². The van der Waals surface area contributed by atoms with Crippen molar-refractivity contribution in [1.82, 2.24) is 0 Å². The molecule has 43 heavy (non-hydrogen) atoms. The Bertz CT molecular complexity index is 2520. The SMILES string of the molecule is CCc1ccc(-c2ccc3cc4c(cc3c2)oc2cc3c(cc24)oc2cc4cc(-c5ccc(C)cc5)ccc4cc23)cc1. The van der Waals surface area contributed by atoms with E-state index in [4.69, 9.17) is 8.83 Å². The number of rotatable bonds is 3. The van der Waals surface area contributed by atoms with E-state index in [1.165, 1.54) is 54.9 Å². The summed E-state index contributed by atoms with van der Waals surface area (Å²) in [5.74, 6) is 0. The van der Waals surface area contributed by atoms with E-state index >= 15 is 0 Å². The van der Waals surface area contributed by atoms with Gasteiger partial charge < -0.3 is 8.83 Å². The van der Waals surface area contributed by atoms with Crippen LogP contribution < -0.4 is 0 Å². The van der Waals surface area contributed by atoms with Crippen LogP contribution in [0.15, 0.2) is 130 Å². The van der Waals surface area contributed by atoms with Gasteiger partial charge in [0.15, 0.2) is 0 Å². The zero-order chi connectivity index (χ0) is 28.7. The topological polar surface area (TPSA) is 26.3 Å². The van der Waals surface area contributed by atoms with Gasteiger partial charge in [0.25, 0.3) is 0 Å². The van der Waals surface area contributed by atoms with E-state index in [1.54, 1.807) is 0 Å². The predicted molar refractivity (Wildman–Crippen MR) is 181 cm³/mol. The van der Waals surface area contributed by atoms with Gasteiger partial charge in [-0.15, -0.1) is 0 Å². The Balaban J connectivity index is 1.17. The molecule has 0 aliphatic carbocycles. The number of aryl methyl sites for hydroxylation is 2. The third kappa shape index (κ3) is 3.87. The number of hydrogen-bond acceptors (Lipinski definition) is 2. The minimum absolute atomic E-state index is 0.880. The summed E-state index contributed by atoms with van der Waals surface area (Å²) in [5, 5.41) is 9.11. The summed E-state index contributed by atoms with van der Waals surface area (Å²) in [6.45, 7) is 4.31. The number of benzene rings is 7. The molecule has 0 saturated heterocycles. The van der Waals surface area contributed by atoms with Crippen LogP contribution in [-0.2, 0) is 6.42 Å². The molecule has 0 fully saturated rings. The molecule has 0 amide bonds. The largest absolute Gasteiger partial charge is 0.456 e. The van der Waals surface area contributed by atoms with Crippen LogP contribution in [0.4, 0.5) is 0 Å². The Labute approximate surface area is 248 Å². The van der Waals surface area contributed by atoms with Crippen molar-refractivity contribution in [3.05, 3.63) is 132 Å². The number of fused-ring (bicyclic) bond motifs is 8. The first-order valence-corrected chi connectivity index (χ1v) is 15.0. The van der Waals surface area contributed by atoms with E-state index in [0.717, 1.165) is 50.3 Å². The van der Waals surface area contributed by atoms with Gasteiger partial charge in [-0.3, -0.25) is 0 Å². The molecule has 0 aliphatic heterocycles. The molecule has 0 saturated carbocycles. The second-order valence-electron chi connectivity index (χ2n) is 11.8. The predicted octanol–water partition coefficient (Wildman–Crippen LogP) is 12.0. The van der Waals surface area contributed by atoms with E-state index in [-0.39, 0.29) is 0 Å². The lowest BCUT2D eigenvalue weighted by Crippen LogP contribution is -1.82. The van der Waals surface area contributed by atoms with Crippen molar-refractivity contribution in [3.8, 4) is 22.3 Å². The fourth-order valence-electron chi connectivity index (χ4n) is 6.57. The van der Waals surface area contributed by atoms with Gasteiger partial charge in [0.1, 0.15) is 22.3 Å². The highest BCUT2D eigenvalue weighted by Crippen LogP contribution is 2.40. The first-order valence-electron chi connectivity index (χ1n) is 15.0. The van der Waals surface area contributed by atoms with Crippen molar-refractivity contribution in [2.45, 2.75) is 20.3 Å². The molecule has 204 valence electrons. The van der Waals surface area contributed by atoms with Crippen molar-refractivity contribution in [1.29, 1.82) is 0 Å². The van der Waals surface area contributed by atoms with Crippen LogP contribution in [0.25, 0.3) is 87.7 Å². The summed E-state index contributed by atoms with van der Waals surface area (Å²) in [6, 6.07) is 44.0. The molecule has 9 rings (SSSR count). The minimum Gasteiger partial charge on any atom is -0.456 e. The molecule has 9 aromatic rings. The fraction of sp³-hybridized carbons (Fsp3) is 0.0732. The molecule has 2 nitrogen and oxygen atoms in total. The smallest absolute Gasteiger partial charge is 0.136 e. The summed E-state index contributed by atoms with van der Waals surface area (Å²) in [7, 11) is 0. The summed E-state index contributed by atoms with van der Waals surface area (Å²) in [5.41, 5.74) is 11.0. The normalized spacial score (nSPS) is 12.0. The molecule has 7 aromatic carbocycles. The first kappa shape index (κ1) is 24.3. The fourth-order valence-corrected chi connectivity index (χ4v) is 6.57. The van der Waals surface area contributed by atoms with E-state index in [1.807, 2.05) is 0 Å². The van der Waals surface area contributed by atoms with Crippen molar-refractivity contribution >= 4 is 65.4 Å².